The smallest absolute Gasteiger partial charge is 0.255 e. The number of carbonyl (C=O) groups is 1. The molecule has 0 aromatic heterocycles. The molecule has 2 N–H and O–H groups in total. The first-order valence-electron chi connectivity index (χ1n) is 4.82. The highest BCUT2D eigenvalue weighted by atomic mass is 127. The fraction of sp³-hybridized carbons (Fsp3) is 0.364. The molecule has 0 fully saturated rings. The molecular weight excluding hydrogens is 559 g/mol. The van der Waals surface area contributed by atoms with Crippen LogP contribution in [-0.2, 0) is 0 Å². The van der Waals surface area contributed by atoms with Crippen LogP contribution in [0.4, 0.5) is 0 Å². The summed E-state index contributed by atoms with van der Waals surface area (Å²) in [5.74, 6) is -0.195. The molecule has 0 atom stereocenters. The van der Waals surface area contributed by atoms with Gasteiger partial charge in [0, 0.05) is 12.7 Å². The summed E-state index contributed by atoms with van der Waals surface area (Å²) in [5, 5.41) is 12.8. The highest BCUT2D eigenvalue weighted by Crippen LogP contribution is 2.32. The van der Waals surface area contributed by atoms with Crippen LogP contribution in [0.2, 0.25) is 0 Å². The van der Waals surface area contributed by atoms with E-state index in [2.05, 4.69) is 50.5 Å². The normalized spacial score (nSPS) is 11.4. The summed E-state index contributed by atoms with van der Waals surface area (Å²) >= 11 is 6.36. The Kier molecular flexibility index (Phi) is 5.33. The van der Waals surface area contributed by atoms with Crippen molar-refractivity contribution in [2.24, 2.45) is 0 Å². The number of benzene rings is 1. The van der Waals surface area contributed by atoms with Crippen LogP contribution in [0, 0.1) is 10.7 Å². The highest BCUT2D eigenvalue weighted by molar-refractivity contribution is 14.1. The van der Waals surface area contributed by atoms with Crippen LogP contribution in [0.3, 0.4) is 0 Å². The second-order valence-electron chi connectivity index (χ2n) is 4.59. The Morgan fingerprint density at radius 3 is 2.24 bits per heavy atom. The highest BCUT2D eigenvalue weighted by Gasteiger charge is 2.21. The first kappa shape index (κ1) is 15.7. The van der Waals surface area contributed by atoms with E-state index in [1.165, 1.54) is 0 Å². The second kappa shape index (κ2) is 5.76. The van der Waals surface area contributed by atoms with Crippen molar-refractivity contribution < 1.29 is 9.90 Å². The van der Waals surface area contributed by atoms with Gasteiger partial charge in [-0.25, -0.2) is 0 Å². The van der Waals surface area contributed by atoms with Crippen molar-refractivity contribution in [2.45, 2.75) is 26.3 Å². The van der Waals surface area contributed by atoms with Gasteiger partial charge in [0.2, 0.25) is 0 Å². The number of rotatable bonds is 1. The van der Waals surface area contributed by atoms with Crippen LogP contribution >= 0.6 is 67.8 Å². The minimum Gasteiger partial charge on any atom is -0.506 e. The Bertz CT molecular complexity index is 467. The van der Waals surface area contributed by atoms with Gasteiger partial charge in [0.25, 0.3) is 5.91 Å². The molecule has 0 aliphatic rings. The molecule has 17 heavy (non-hydrogen) atoms. The molecule has 0 heterocycles. The van der Waals surface area contributed by atoms with Gasteiger partial charge in [-0.15, -0.1) is 0 Å². The summed E-state index contributed by atoms with van der Waals surface area (Å²) < 4.78 is 2.65. The lowest BCUT2D eigenvalue weighted by Crippen LogP contribution is -2.40. The number of hydrogen-bond donors (Lipinski definition) is 2. The van der Waals surface area contributed by atoms with Gasteiger partial charge < -0.3 is 10.4 Å². The van der Waals surface area contributed by atoms with Gasteiger partial charge in [0.1, 0.15) is 5.75 Å². The lowest BCUT2D eigenvalue weighted by Gasteiger charge is -2.21. The third kappa shape index (κ3) is 4.08. The standard InChI is InChI=1S/C11H12I3NO2/c1-11(2,3)15-10(17)5-4-6(12)7(13)8(14)9(5)16/h4,16H,1-3H3,(H,15,17). The van der Waals surface area contributed by atoms with E-state index in [0.29, 0.717) is 9.13 Å². The van der Waals surface area contributed by atoms with Crippen molar-refractivity contribution in [3.05, 3.63) is 22.3 Å². The number of phenols is 1. The molecule has 94 valence electrons. The van der Waals surface area contributed by atoms with Crippen molar-refractivity contribution in [3.63, 3.8) is 0 Å². The largest absolute Gasteiger partial charge is 0.506 e. The van der Waals surface area contributed by atoms with Gasteiger partial charge >= 0.3 is 0 Å². The van der Waals surface area contributed by atoms with Crippen molar-refractivity contribution >= 4 is 73.7 Å². The van der Waals surface area contributed by atoms with Crippen molar-refractivity contribution in [1.82, 2.24) is 5.32 Å². The zero-order chi connectivity index (χ0) is 13.4. The Balaban J connectivity index is 3.20. The number of phenolic OH excluding ortho intramolecular Hbond substituents is 1. The molecule has 0 unspecified atom stereocenters. The Hall–Kier alpha value is 0.680. The number of halogens is 3. The summed E-state index contributed by atoms with van der Waals surface area (Å²) in [6.45, 7) is 5.72. The molecule has 0 bridgehead atoms. The zero-order valence-corrected chi connectivity index (χ0v) is 16.0. The molecule has 0 radical (unpaired) electrons. The minimum atomic E-state index is -0.316. The van der Waals surface area contributed by atoms with Gasteiger partial charge in [-0.3, -0.25) is 4.79 Å². The van der Waals surface area contributed by atoms with Gasteiger partial charge in [0.15, 0.2) is 0 Å². The lowest BCUT2D eigenvalue weighted by atomic mass is 10.1. The van der Waals surface area contributed by atoms with E-state index < -0.39 is 0 Å². The van der Waals surface area contributed by atoms with Gasteiger partial charge in [-0.1, -0.05) is 0 Å². The Morgan fingerprint density at radius 1 is 1.24 bits per heavy atom. The maximum absolute atomic E-state index is 12.0. The molecule has 0 saturated heterocycles. The van der Waals surface area contributed by atoms with Gasteiger partial charge in [-0.2, -0.15) is 0 Å². The number of carbonyl (C=O) groups excluding carboxylic acids is 1. The van der Waals surface area contributed by atoms with Crippen LogP contribution in [-0.4, -0.2) is 16.6 Å². The summed E-state index contributed by atoms with van der Waals surface area (Å²) in [5.41, 5.74) is 0.0118. The number of amides is 1. The Morgan fingerprint density at radius 2 is 1.76 bits per heavy atom. The van der Waals surface area contributed by atoms with E-state index in [1.807, 2.05) is 43.4 Å². The number of nitrogens with one attached hydrogen (secondary N) is 1. The molecule has 1 amide bonds. The average molecular weight is 571 g/mol. The van der Waals surface area contributed by atoms with E-state index in [-0.39, 0.29) is 17.2 Å². The zero-order valence-electron chi connectivity index (χ0n) is 9.57. The molecule has 3 nitrogen and oxygen atoms in total. The van der Waals surface area contributed by atoms with Crippen LogP contribution in [0.15, 0.2) is 6.07 Å². The van der Waals surface area contributed by atoms with Crippen LogP contribution in [0.25, 0.3) is 0 Å². The SMILES string of the molecule is CC(C)(C)NC(=O)c1cc(I)c(I)c(I)c1O. The summed E-state index contributed by atoms with van der Waals surface area (Å²) in [6, 6.07) is 1.71. The molecule has 6 heteroatoms. The van der Waals surface area contributed by atoms with Crippen LogP contribution in [0.5, 0.6) is 5.75 Å². The van der Waals surface area contributed by atoms with Crippen molar-refractivity contribution in [1.29, 1.82) is 0 Å². The summed E-state index contributed by atoms with van der Waals surface area (Å²) in [6.07, 6.45) is 0. The molecule has 0 saturated carbocycles. The first-order chi connectivity index (χ1) is 7.63. The topological polar surface area (TPSA) is 49.3 Å². The minimum absolute atomic E-state index is 0.0529. The predicted octanol–water partition coefficient (Wildman–Crippen LogP) is 3.73. The van der Waals surface area contributed by atoms with E-state index in [4.69, 9.17) is 0 Å². The number of hydrogen-bond acceptors (Lipinski definition) is 2. The maximum atomic E-state index is 12.0. The summed E-state index contributed by atoms with van der Waals surface area (Å²) in [4.78, 5) is 12.0. The maximum Gasteiger partial charge on any atom is 0.255 e. The van der Waals surface area contributed by atoms with Gasteiger partial charge in [-0.05, 0) is 94.6 Å². The number of aromatic hydroxyl groups is 1. The van der Waals surface area contributed by atoms with E-state index in [9.17, 15) is 9.90 Å². The third-order valence-electron chi connectivity index (χ3n) is 1.87. The second-order valence-corrected chi connectivity index (χ2v) is 7.91. The monoisotopic (exact) mass is 571 g/mol. The molecule has 1 aromatic rings. The fourth-order valence-corrected chi connectivity index (χ4v) is 3.26. The predicted molar refractivity (Wildman–Crippen MR) is 93.5 cm³/mol. The van der Waals surface area contributed by atoms with Crippen molar-refractivity contribution in [2.75, 3.05) is 0 Å². The Labute approximate surface area is 142 Å². The van der Waals surface area contributed by atoms with Crippen molar-refractivity contribution in [3.8, 4) is 5.75 Å². The van der Waals surface area contributed by atoms with E-state index in [1.54, 1.807) is 6.07 Å². The molecule has 0 spiro atoms. The fourth-order valence-electron chi connectivity index (χ4n) is 1.17. The molecule has 1 rings (SSSR count). The van der Waals surface area contributed by atoms with Crippen LogP contribution in [0.1, 0.15) is 31.1 Å². The molecular formula is C11H12I3NO2. The van der Waals surface area contributed by atoms with E-state index >= 15 is 0 Å². The summed E-state index contributed by atoms with van der Waals surface area (Å²) in [7, 11) is 0. The van der Waals surface area contributed by atoms with E-state index in [0.717, 1.165) is 7.14 Å². The molecule has 1 aromatic carbocycles. The molecule has 0 aliphatic heterocycles. The average Bonchev–Trinajstić information content (AvgIpc) is 2.17. The third-order valence-corrected chi connectivity index (χ3v) is 6.96. The van der Waals surface area contributed by atoms with Gasteiger partial charge in [0.05, 0.1) is 9.13 Å². The first-order valence-corrected chi connectivity index (χ1v) is 8.06. The lowest BCUT2D eigenvalue weighted by molar-refractivity contribution is 0.0916. The van der Waals surface area contributed by atoms with Crippen LogP contribution < -0.4 is 5.32 Å². The molecule has 0 aliphatic carbocycles. The quantitative estimate of drug-likeness (QED) is 0.399.